The molecule has 1 amide bonds. The number of anilines is 2. The van der Waals surface area contributed by atoms with Gasteiger partial charge >= 0.3 is 0 Å². The Morgan fingerprint density at radius 3 is 2.78 bits per heavy atom. The van der Waals surface area contributed by atoms with Crippen LogP contribution in [0.2, 0.25) is 0 Å². The van der Waals surface area contributed by atoms with E-state index in [1.807, 2.05) is 32.2 Å². The first-order chi connectivity index (χ1) is 8.58. The van der Waals surface area contributed by atoms with Crippen LogP contribution in [0.4, 0.5) is 11.4 Å². The maximum atomic E-state index is 12.1. The largest absolute Gasteiger partial charge is 0.397 e. The molecule has 3 N–H and O–H groups in total. The molecule has 0 bridgehead atoms. The highest BCUT2D eigenvalue weighted by atomic mass is 16.2. The second kappa shape index (κ2) is 5.40. The molecule has 1 unspecified atom stereocenters. The van der Waals surface area contributed by atoms with Gasteiger partial charge in [0.05, 0.1) is 17.4 Å². The first kappa shape index (κ1) is 12.9. The predicted molar refractivity (Wildman–Crippen MR) is 74.3 cm³/mol. The van der Waals surface area contributed by atoms with Crippen molar-refractivity contribution in [3.63, 3.8) is 0 Å². The second-order valence-corrected chi connectivity index (χ2v) is 5.14. The Kier molecular flexibility index (Phi) is 3.87. The number of amides is 1. The van der Waals surface area contributed by atoms with Crippen molar-refractivity contribution in [1.82, 2.24) is 4.90 Å². The number of nitrogens with one attached hydrogen (secondary N) is 1. The predicted octanol–water partition coefficient (Wildman–Crippen LogP) is 1.94. The van der Waals surface area contributed by atoms with Crippen LogP contribution in [0.25, 0.3) is 0 Å². The van der Waals surface area contributed by atoms with E-state index in [9.17, 15) is 4.79 Å². The molecule has 1 aliphatic rings. The van der Waals surface area contributed by atoms with E-state index in [4.69, 9.17) is 5.73 Å². The van der Waals surface area contributed by atoms with E-state index < -0.39 is 0 Å². The molecular formula is C14H21N3O. The van der Waals surface area contributed by atoms with Crippen molar-refractivity contribution in [2.75, 3.05) is 24.6 Å². The normalized spacial score (nSPS) is 16.6. The highest BCUT2D eigenvalue weighted by Crippen LogP contribution is 2.29. The van der Waals surface area contributed by atoms with E-state index >= 15 is 0 Å². The van der Waals surface area contributed by atoms with Crippen LogP contribution in [0.3, 0.4) is 0 Å². The number of nitrogens with two attached hydrogens (primary N) is 1. The average Bonchev–Trinajstić information content (AvgIpc) is 3.15. The molecule has 0 aromatic heterocycles. The van der Waals surface area contributed by atoms with E-state index in [0.29, 0.717) is 11.4 Å². The summed E-state index contributed by atoms with van der Waals surface area (Å²) in [7, 11) is 2.00. The van der Waals surface area contributed by atoms with Gasteiger partial charge in [-0.2, -0.15) is 0 Å². The van der Waals surface area contributed by atoms with Gasteiger partial charge in [0.1, 0.15) is 0 Å². The minimum Gasteiger partial charge on any atom is -0.397 e. The number of likely N-dealkylation sites (N-methyl/N-ethyl adjacent to an activating group) is 1. The van der Waals surface area contributed by atoms with Crippen LogP contribution in [0, 0.1) is 5.92 Å². The van der Waals surface area contributed by atoms with Crippen LogP contribution >= 0.6 is 0 Å². The minimum absolute atomic E-state index is 0.00366. The van der Waals surface area contributed by atoms with E-state index in [-0.39, 0.29) is 11.9 Å². The van der Waals surface area contributed by atoms with E-state index in [1.54, 1.807) is 6.07 Å². The number of carbonyl (C=O) groups is 1. The number of nitrogen functional groups attached to an aromatic ring is 1. The van der Waals surface area contributed by atoms with Crippen molar-refractivity contribution in [1.29, 1.82) is 0 Å². The molecular weight excluding hydrogens is 226 g/mol. The zero-order chi connectivity index (χ0) is 13.1. The Morgan fingerprint density at radius 2 is 2.17 bits per heavy atom. The summed E-state index contributed by atoms with van der Waals surface area (Å²) in [5.41, 5.74) is 7.10. The first-order valence-corrected chi connectivity index (χ1v) is 6.43. The minimum atomic E-state index is -0.134. The van der Waals surface area contributed by atoms with Gasteiger partial charge in [0.15, 0.2) is 0 Å². The molecule has 1 aromatic carbocycles. The Hall–Kier alpha value is -1.55. The average molecular weight is 247 g/mol. The molecule has 98 valence electrons. The van der Waals surface area contributed by atoms with Crippen LogP contribution in [0.1, 0.15) is 19.8 Å². The lowest BCUT2D eigenvalue weighted by molar-refractivity contribution is -0.120. The maximum Gasteiger partial charge on any atom is 0.241 e. The summed E-state index contributed by atoms with van der Waals surface area (Å²) < 4.78 is 0. The van der Waals surface area contributed by atoms with Gasteiger partial charge in [-0.3, -0.25) is 9.69 Å². The third-order valence-corrected chi connectivity index (χ3v) is 3.50. The molecule has 2 rings (SSSR count). The molecule has 0 radical (unpaired) electrons. The van der Waals surface area contributed by atoms with E-state index in [1.165, 1.54) is 12.8 Å². The van der Waals surface area contributed by atoms with Crippen LogP contribution in [-0.4, -0.2) is 30.4 Å². The van der Waals surface area contributed by atoms with E-state index in [0.717, 1.165) is 12.5 Å². The maximum absolute atomic E-state index is 12.1. The van der Waals surface area contributed by atoms with Crippen molar-refractivity contribution in [2.24, 2.45) is 5.92 Å². The Balaban J connectivity index is 1.92. The van der Waals surface area contributed by atoms with Gasteiger partial charge in [-0.15, -0.1) is 0 Å². The fourth-order valence-corrected chi connectivity index (χ4v) is 1.91. The second-order valence-electron chi connectivity index (χ2n) is 5.14. The number of benzene rings is 1. The van der Waals surface area contributed by atoms with Crippen molar-refractivity contribution >= 4 is 17.3 Å². The van der Waals surface area contributed by atoms with Gasteiger partial charge in [0.25, 0.3) is 0 Å². The molecule has 1 aliphatic carbocycles. The number of hydrogen-bond donors (Lipinski definition) is 2. The summed E-state index contributed by atoms with van der Waals surface area (Å²) in [6.45, 7) is 2.93. The molecule has 1 atom stereocenters. The third kappa shape index (κ3) is 3.23. The lowest BCUT2D eigenvalue weighted by Gasteiger charge is -2.24. The number of rotatable bonds is 5. The Bertz CT molecular complexity index is 429. The molecule has 0 heterocycles. The number of carbonyl (C=O) groups excluding carboxylic acids is 1. The molecule has 4 nitrogen and oxygen atoms in total. The lowest BCUT2D eigenvalue weighted by Crippen LogP contribution is -2.40. The molecule has 1 fully saturated rings. The van der Waals surface area contributed by atoms with Crippen molar-refractivity contribution in [3.05, 3.63) is 24.3 Å². The number of hydrogen-bond acceptors (Lipinski definition) is 3. The van der Waals surface area contributed by atoms with Crippen molar-refractivity contribution in [2.45, 2.75) is 25.8 Å². The SMILES string of the molecule is CC(C(=O)Nc1ccccc1N)N(C)CC1CC1. The summed E-state index contributed by atoms with van der Waals surface area (Å²) in [5, 5.41) is 2.88. The molecule has 0 spiro atoms. The lowest BCUT2D eigenvalue weighted by atomic mass is 10.2. The van der Waals surface area contributed by atoms with E-state index in [2.05, 4.69) is 10.2 Å². The summed E-state index contributed by atoms with van der Waals surface area (Å²) in [6, 6.07) is 7.19. The first-order valence-electron chi connectivity index (χ1n) is 6.43. The molecule has 1 aromatic rings. The zero-order valence-electron chi connectivity index (χ0n) is 11.0. The summed E-state index contributed by atoms with van der Waals surface area (Å²) >= 11 is 0. The van der Waals surface area contributed by atoms with Crippen LogP contribution in [0.5, 0.6) is 0 Å². The van der Waals surface area contributed by atoms with Gasteiger partial charge in [-0.1, -0.05) is 12.1 Å². The molecule has 18 heavy (non-hydrogen) atoms. The smallest absolute Gasteiger partial charge is 0.241 e. The fraction of sp³-hybridized carbons (Fsp3) is 0.500. The monoisotopic (exact) mass is 247 g/mol. The fourth-order valence-electron chi connectivity index (χ4n) is 1.91. The van der Waals surface area contributed by atoms with Crippen molar-refractivity contribution < 1.29 is 4.79 Å². The summed E-state index contributed by atoms with van der Waals surface area (Å²) in [5.74, 6) is 0.781. The van der Waals surface area contributed by atoms with Gasteiger partial charge in [0, 0.05) is 6.54 Å². The highest BCUT2D eigenvalue weighted by Gasteiger charge is 2.27. The Labute approximate surface area is 108 Å². The topological polar surface area (TPSA) is 58.4 Å². The highest BCUT2D eigenvalue weighted by molar-refractivity contribution is 5.96. The quantitative estimate of drug-likeness (QED) is 0.782. The third-order valence-electron chi connectivity index (χ3n) is 3.50. The summed E-state index contributed by atoms with van der Waals surface area (Å²) in [4.78, 5) is 14.2. The number of para-hydroxylation sites is 2. The van der Waals surface area contributed by atoms with Crippen molar-refractivity contribution in [3.8, 4) is 0 Å². The van der Waals surface area contributed by atoms with Gasteiger partial charge in [-0.05, 0) is 44.9 Å². The number of nitrogens with zero attached hydrogens (tertiary/aromatic N) is 1. The van der Waals surface area contributed by atoms with Crippen LogP contribution in [-0.2, 0) is 4.79 Å². The molecule has 1 saturated carbocycles. The van der Waals surface area contributed by atoms with Gasteiger partial charge < -0.3 is 11.1 Å². The molecule has 0 aliphatic heterocycles. The Morgan fingerprint density at radius 1 is 1.50 bits per heavy atom. The summed E-state index contributed by atoms with van der Waals surface area (Å²) in [6.07, 6.45) is 2.59. The molecule has 0 saturated heterocycles. The molecule has 4 heteroatoms. The standard InChI is InChI=1S/C14H21N3O/c1-10(17(2)9-11-7-8-11)14(18)16-13-6-4-3-5-12(13)15/h3-6,10-11H,7-9,15H2,1-2H3,(H,16,18). The van der Waals surface area contributed by atoms with Gasteiger partial charge in [-0.25, -0.2) is 0 Å². The van der Waals surface area contributed by atoms with Gasteiger partial charge in [0.2, 0.25) is 5.91 Å². The van der Waals surface area contributed by atoms with Crippen LogP contribution in [0.15, 0.2) is 24.3 Å². The zero-order valence-corrected chi connectivity index (χ0v) is 11.0. The van der Waals surface area contributed by atoms with Crippen LogP contribution < -0.4 is 11.1 Å².